The zero-order valence-electron chi connectivity index (χ0n) is 15.9. The number of carbonyl (C=O) groups is 1. The largest absolute Gasteiger partial charge is 0.416 e. The maximum absolute atomic E-state index is 12.7. The third-order valence-corrected chi connectivity index (χ3v) is 4.43. The van der Waals surface area contributed by atoms with E-state index < -0.39 is 11.7 Å². The van der Waals surface area contributed by atoms with Crippen molar-refractivity contribution in [3.8, 4) is 0 Å². The number of benzene rings is 1. The van der Waals surface area contributed by atoms with Crippen molar-refractivity contribution in [1.29, 1.82) is 0 Å². The highest BCUT2D eigenvalue weighted by molar-refractivity contribution is 5.98. The number of aliphatic imine (C=N–C) groups is 1. The van der Waals surface area contributed by atoms with E-state index in [1.807, 2.05) is 11.8 Å². The van der Waals surface area contributed by atoms with Gasteiger partial charge in [-0.1, -0.05) is 31.4 Å². The van der Waals surface area contributed by atoms with Gasteiger partial charge in [-0.15, -0.1) is 0 Å². The van der Waals surface area contributed by atoms with Crippen LogP contribution in [0.15, 0.2) is 66.3 Å². The van der Waals surface area contributed by atoms with Crippen LogP contribution < -0.4 is 0 Å². The molecule has 0 atom stereocenters. The lowest BCUT2D eigenvalue weighted by Gasteiger charge is -2.36. The van der Waals surface area contributed by atoms with Gasteiger partial charge in [0.1, 0.15) is 5.84 Å². The molecule has 7 heteroatoms. The molecule has 150 valence electrons. The van der Waals surface area contributed by atoms with E-state index >= 15 is 0 Å². The summed E-state index contributed by atoms with van der Waals surface area (Å²) in [5, 5.41) is 0. The lowest BCUT2D eigenvalue weighted by molar-refractivity contribution is -0.137. The number of carbonyl (C=O) groups excluding carboxylic acids is 1. The van der Waals surface area contributed by atoms with Crippen LogP contribution in [0.5, 0.6) is 0 Å². The van der Waals surface area contributed by atoms with Gasteiger partial charge >= 0.3 is 6.18 Å². The average molecular weight is 391 g/mol. The molecule has 1 aliphatic heterocycles. The van der Waals surface area contributed by atoms with Gasteiger partial charge in [-0.25, -0.2) is 4.99 Å². The normalized spacial score (nSPS) is 15.8. The van der Waals surface area contributed by atoms with Crippen molar-refractivity contribution < 1.29 is 18.0 Å². The molecular weight excluding hydrogens is 367 g/mol. The van der Waals surface area contributed by atoms with E-state index in [-0.39, 0.29) is 5.91 Å². The Bertz CT molecular complexity index is 771. The Balaban J connectivity index is 2.10. The number of allylic oxidation sites excluding steroid dienone is 1. The van der Waals surface area contributed by atoms with Gasteiger partial charge in [0.15, 0.2) is 0 Å². The van der Waals surface area contributed by atoms with Crippen LogP contribution in [0, 0.1) is 0 Å². The van der Waals surface area contributed by atoms with Gasteiger partial charge in [-0.05, 0) is 36.3 Å². The van der Waals surface area contributed by atoms with E-state index in [0.29, 0.717) is 44.0 Å². The van der Waals surface area contributed by atoms with Gasteiger partial charge in [0.05, 0.1) is 5.56 Å². The van der Waals surface area contributed by atoms with Gasteiger partial charge in [0, 0.05) is 38.8 Å². The molecule has 0 bridgehead atoms. The monoisotopic (exact) mass is 391 g/mol. The molecule has 0 saturated carbocycles. The quantitative estimate of drug-likeness (QED) is 0.431. The Morgan fingerprint density at radius 1 is 1.14 bits per heavy atom. The third kappa shape index (κ3) is 5.58. The summed E-state index contributed by atoms with van der Waals surface area (Å²) in [6, 6.07) is 5.07. The number of piperazine rings is 1. The molecule has 0 aliphatic carbocycles. The lowest BCUT2D eigenvalue weighted by atomic mass is 10.0. The first-order valence-corrected chi connectivity index (χ1v) is 8.95. The van der Waals surface area contributed by atoms with Crippen molar-refractivity contribution >= 4 is 11.7 Å². The SMILES string of the molecule is C=CC(=O)N1CCN(C(=N/C=C\C)C(=C)Cc2ccc(C(F)(F)F)cc2)CC1. The van der Waals surface area contributed by atoms with E-state index in [1.54, 1.807) is 17.2 Å². The maximum atomic E-state index is 12.7. The number of halogens is 3. The van der Waals surface area contributed by atoms with Crippen molar-refractivity contribution in [3.63, 3.8) is 0 Å². The summed E-state index contributed by atoms with van der Waals surface area (Å²) in [7, 11) is 0. The summed E-state index contributed by atoms with van der Waals surface area (Å²) in [6.45, 7) is 11.7. The van der Waals surface area contributed by atoms with Crippen LogP contribution in [-0.2, 0) is 17.4 Å². The van der Waals surface area contributed by atoms with Gasteiger partial charge < -0.3 is 9.80 Å². The molecular formula is C21H24F3N3O. The zero-order valence-corrected chi connectivity index (χ0v) is 15.9. The summed E-state index contributed by atoms with van der Waals surface area (Å²) in [5.74, 6) is 0.582. The van der Waals surface area contributed by atoms with E-state index in [4.69, 9.17) is 0 Å². The zero-order chi connectivity index (χ0) is 20.7. The molecule has 1 saturated heterocycles. The maximum Gasteiger partial charge on any atom is 0.416 e. The molecule has 1 aromatic carbocycles. The smallest absolute Gasteiger partial charge is 0.353 e. The second kappa shape index (κ2) is 9.39. The Labute approximate surface area is 163 Å². The van der Waals surface area contributed by atoms with Crippen LogP contribution in [0.1, 0.15) is 18.1 Å². The number of nitrogens with zero attached hydrogens (tertiary/aromatic N) is 3. The van der Waals surface area contributed by atoms with E-state index in [0.717, 1.165) is 17.7 Å². The Kier molecular flexibility index (Phi) is 7.20. The second-order valence-electron chi connectivity index (χ2n) is 6.43. The molecule has 0 unspecified atom stereocenters. The van der Waals surface area contributed by atoms with Crippen molar-refractivity contribution in [2.75, 3.05) is 26.2 Å². The molecule has 2 rings (SSSR count). The van der Waals surface area contributed by atoms with Crippen LogP contribution >= 0.6 is 0 Å². The highest BCUT2D eigenvalue weighted by Gasteiger charge is 2.30. The van der Waals surface area contributed by atoms with Gasteiger partial charge in [0.2, 0.25) is 5.91 Å². The van der Waals surface area contributed by atoms with Crippen LogP contribution in [-0.4, -0.2) is 47.7 Å². The molecule has 1 aromatic rings. The highest BCUT2D eigenvalue weighted by Crippen LogP contribution is 2.29. The topological polar surface area (TPSA) is 35.9 Å². The van der Waals surface area contributed by atoms with E-state index in [9.17, 15) is 18.0 Å². The number of amidine groups is 1. The van der Waals surface area contributed by atoms with Crippen LogP contribution in [0.25, 0.3) is 0 Å². The number of hydrogen-bond donors (Lipinski definition) is 0. The molecule has 1 aliphatic rings. The van der Waals surface area contributed by atoms with Gasteiger partial charge in [-0.3, -0.25) is 4.79 Å². The summed E-state index contributed by atoms with van der Waals surface area (Å²) in [4.78, 5) is 20.0. The molecule has 28 heavy (non-hydrogen) atoms. The molecule has 0 spiro atoms. The minimum Gasteiger partial charge on any atom is -0.353 e. The first-order valence-electron chi connectivity index (χ1n) is 8.95. The predicted octanol–water partition coefficient (Wildman–Crippen LogP) is 4.07. The van der Waals surface area contributed by atoms with Crippen molar-refractivity contribution in [1.82, 2.24) is 9.80 Å². The third-order valence-electron chi connectivity index (χ3n) is 4.43. The number of alkyl halides is 3. The molecule has 0 N–H and O–H groups in total. The van der Waals surface area contributed by atoms with E-state index in [1.165, 1.54) is 18.2 Å². The Hall–Kier alpha value is -2.83. The first-order chi connectivity index (χ1) is 13.3. The van der Waals surface area contributed by atoms with E-state index in [2.05, 4.69) is 18.2 Å². The molecule has 4 nitrogen and oxygen atoms in total. The standard InChI is InChI=1S/C21H24F3N3O/c1-4-10-25-20(27-13-11-26(12-14-27)19(28)5-2)16(3)15-17-6-8-18(9-7-17)21(22,23)24/h4-10H,2-3,11-15H2,1H3/b10-4-,25-20?. The van der Waals surface area contributed by atoms with Crippen molar-refractivity contribution in [2.45, 2.75) is 19.5 Å². The van der Waals surface area contributed by atoms with Crippen LogP contribution in [0.3, 0.4) is 0 Å². The molecule has 0 radical (unpaired) electrons. The fourth-order valence-electron chi connectivity index (χ4n) is 2.95. The summed E-state index contributed by atoms with van der Waals surface area (Å²) >= 11 is 0. The summed E-state index contributed by atoms with van der Waals surface area (Å²) in [6.07, 6.45) is 0.794. The fourth-order valence-corrected chi connectivity index (χ4v) is 2.95. The minimum absolute atomic E-state index is 0.102. The Morgan fingerprint density at radius 2 is 1.71 bits per heavy atom. The van der Waals surface area contributed by atoms with Gasteiger partial charge in [-0.2, -0.15) is 13.2 Å². The van der Waals surface area contributed by atoms with Crippen LogP contribution in [0.2, 0.25) is 0 Å². The second-order valence-corrected chi connectivity index (χ2v) is 6.43. The Morgan fingerprint density at radius 3 is 2.21 bits per heavy atom. The first kappa shape index (κ1) is 21.5. The average Bonchev–Trinajstić information content (AvgIpc) is 2.68. The molecule has 0 aromatic heterocycles. The summed E-state index contributed by atoms with van der Waals surface area (Å²) < 4.78 is 38.2. The lowest BCUT2D eigenvalue weighted by Crippen LogP contribution is -2.50. The minimum atomic E-state index is -4.35. The number of hydrogen-bond acceptors (Lipinski definition) is 2. The van der Waals surface area contributed by atoms with Gasteiger partial charge in [0.25, 0.3) is 0 Å². The molecule has 1 heterocycles. The molecule has 1 amide bonds. The van der Waals surface area contributed by atoms with Crippen molar-refractivity contribution in [3.05, 3.63) is 72.5 Å². The molecule has 1 fully saturated rings. The number of amides is 1. The number of rotatable bonds is 5. The predicted molar refractivity (Wildman–Crippen MR) is 105 cm³/mol. The highest BCUT2D eigenvalue weighted by atomic mass is 19.4. The summed E-state index contributed by atoms with van der Waals surface area (Å²) in [5.41, 5.74) is 0.765. The van der Waals surface area contributed by atoms with Crippen molar-refractivity contribution in [2.24, 2.45) is 4.99 Å². The van der Waals surface area contributed by atoms with Crippen LogP contribution in [0.4, 0.5) is 13.2 Å². The fraction of sp³-hybridized carbons (Fsp3) is 0.333.